The normalized spacial score (nSPS) is 10.9. The van der Waals surface area contributed by atoms with Crippen LogP contribution >= 0.6 is 0 Å². The number of anilines is 1. The zero-order chi connectivity index (χ0) is 12.4. The summed E-state index contributed by atoms with van der Waals surface area (Å²) in [5.41, 5.74) is 9.24. The van der Waals surface area contributed by atoms with E-state index in [0.29, 0.717) is 16.9 Å². The maximum Gasteiger partial charge on any atom is 0.226 e. The Kier molecular flexibility index (Phi) is 2.60. The summed E-state index contributed by atoms with van der Waals surface area (Å²) in [7, 11) is 0. The molecule has 0 fully saturated rings. The van der Waals surface area contributed by atoms with Crippen molar-refractivity contribution in [2.75, 3.05) is 5.73 Å². The lowest BCUT2D eigenvalue weighted by Gasteiger charge is -2.01. The average molecular weight is 241 g/mol. The van der Waals surface area contributed by atoms with Gasteiger partial charge in [-0.15, -0.1) is 0 Å². The monoisotopic (exact) mass is 241 g/mol. The fraction of sp³-hybridized carbons (Fsp3) is 0.167. The molecule has 2 N–H and O–H groups in total. The van der Waals surface area contributed by atoms with Crippen LogP contribution in [-0.4, -0.2) is 20.3 Å². The highest BCUT2D eigenvalue weighted by molar-refractivity contribution is 5.82. The van der Waals surface area contributed by atoms with Crippen molar-refractivity contribution in [3.05, 3.63) is 41.9 Å². The molecule has 0 aliphatic heterocycles. The topological polar surface area (TPSA) is 90.7 Å². The van der Waals surface area contributed by atoms with Gasteiger partial charge in [-0.2, -0.15) is 0 Å². The van der Waals surface area contributed by atoms with E-state index in [1.165, 1.54) is 0 Å². The minimum Gasteiger partial charge on any atom is -0.397 e. The molecule has 6 heteroatoms. The molecule has 3 heterocycles. The molecule has 18 heavy (non-hydrogen) atoms. The maximum atomic E-state index is 5.85. The number of aromatic nitrogens is 4. The summed E-state index contributed by atoms with van der Waals surface area (Å²) in [5, 5.41) is 7.39. The van der Waals surface area contributed by atoms with Gasteiger partial charge in [-0.25, -0.2) is 9.61 Å². The minimum atomic E-state index is 0.450. The summed E-state index contributed by atoms with van der Waals surface area (Å²) in [6.45, 7) is 0. The first-order valence-corrected chi connectivity index (χ1v) is 5.60. The highest BCUT2D eigenvalue weighted by atomic mass is 16.6. The molecule has 0 saturated carbocycles. The number of fused-ring (bicyclic) bond motifs is 1. The van der Waals surface area contributed by atoms with Gasteiger partial charge in [0.2, 0.25) is 5.65 Å². The second-order valence-electron chi connectivity index (χ2n) is 3.96. The molecule has 0 spiro atoms. The van der Waals surface area contributed by atoms with E-state index >= 15 is 0 Å². The van der Waals surface area contributed by atoms with Gasteiger partial charge < -0.3 is 5.73 Å². The van der Waals surface area contributed by atoms with Crippen LogP contribution in [0.3, 0.4) is 0 Å². The Morgan fingerprint density at radius 3 is 2.83 bits per heavy atom. The van der Waals surface area contributed by atoms with Crippen molar-refractivity contribution in [2.24, 2.45) is 0 Å². The number of aryl methyl sites for hydroxylation is 2. The molecular formula is C12H11N5O. The van der Waals surface area contributed by atoms with Crippen LogP contribution in [-0.2, 0) is 12.8 Å². The van der Waals surface area contributed by atoms with Gasteiger partial charge in [-0.1, -0.05) is 6.07 Å². The standard InChI is InChI=1S/C12H11N5O/c13-10-7-9(15-12-11(10)16-18-17-12)5-4-8-3-1-2-6-14-8/h1-3,6-7H,4-5,13H2. The van der Waals surface area contributed by atoms with Crippen LogP contribution in [0.2, 0.25) is 0 Å². The fourth-order valence-electron chi connectivity index (χ4n) is 1.79. The van der Waals surface area contributed by atoms with Crippen molar-refractivity contribution in [2.45, 2.75) is 12.8 Å². The summed E-state index contributed by atoms with van der Waals surface area (Å²) >= 11 is 0. The number of rotatable bonds is 3. The van der Waals surface area contributed by atoms with E-state index < -0.39 is 0 Å². The van der Waals surface area contributed by atoms with Gasteiger partial charge in [-0.05, 0) is 41.4 Å². The summed E-state index contributed by atoms with van der Waals surface area (Å²) in [5.74, 6) is 0. The molecule has 90 valence electrons. The first-order valence-electron chi connectivity index (χ1n) is 5.60. The lowest BCUT2D eigenvalue weighted by molar-refractivity contribution is 0.315. The van der Waals surface area contributed by atoms with Crippen molar-refractivity contribution in [1.82, 2.24) is 20.3 Å². The van der Waals surface area contributed by atoms with Crippen LogP contribution in [0, 0.1) is 0 Å². The molecule has 3 rings (SSSR count). The predicted octanol–water partition coefficient (Wildman–Crippen LogP) is 1.38. The van der Waals surface area contributed by atoms with E-state index in [9.17, 15) is 0 Å². The fourth-order valence-corrected chi connectivity index (χ4v) is 1.79. The number of nitrogens with zero attached hydrogens (tertiary/aromatic N) is 4. The summed E-state index contributed by atoms with van der Waals surface area (Å²) in [6, 6.07) is 7.65. The Bertz CT molecular complexity index is 665. The minimum absolute atomic E-state index is 0.450. The summed E-state index contributed by atoms with van der Waals surface area (Å²) < 4.78 is 4.61. The van der Waals surface area contributed by atoms with Gasteiger partial charge in [0, 0.05) is 17.6 Å². The highest BCUT2D eigenvalue weighted by Crippen LogP contribution is 2.17. The van der Waals surface area contributed by atoms with E-state index in [0.717, 1.165) is 24.2 Å². The quantitative estimate of drug-likeness (QED) is 0.744. The molecule has 0 aliphatic rings. The predicted molar refractivity (Wildman–Crippen MR) is 65.7 cm³/mol. The molecule has 0 bridgehead atoms. The molecule has 0 radical (unpaired) electrons. The van der Waals surface area contributed by atoms with Crippen molar-refractivity contribution in [3.8, 4) is 0 Å². The molecular weight excluding hydrogens is 230 g/mol. The van der Waals surface area contributed by atoms with E-state index in [-0.39, 0.29) is 0 Å². The second-order valence-corrected chi connectivity index (χ2v) is 3.96. The van der Waals surface area contributed by atoms with E-state index in [1.54, 1.807) is 12.3 Å². The van der Waals surface area contributed by atoms with Gasteiger partial charge in [0.1, 0.15) is 0 Å². The third kappa shape index (κ3) is 2.00. The molecule has 0 atom stereocenters. The summed E-state index contributed by atoms with van der Waals surface area (Å²) in [4.78, 5) is 8.60. The van der Waals surface area contributed by atoms with Crippen molar-refractivity contribution < 1.29 is 4.63 Å². The lowest BCUT2D eigenvalue weighted by atomic mass is 10.1. The molecule has 3 aromatic rings. The van der Waals surface area contributed by atoms with Crippen molar-refractivity contribution >= 4 is 16.9 Å². The number of nitrogens with two attached hydrogens (primary N) is 1. The van der Waals surface area contributed by atoms with E-state index in [4.69, 9.17) is 5.73 Å². The Morgan fingerprint density at radius 1 is 1.11 bits per heavy atom. The van der Waals surface area contributed by atoms with Crippen LogP contribution in [0.4, 0.5) is 5.69 Å². The Hall–Kier alpha value is -2.50. The van der Waals surface area contributed by atoms with Crippen LogP contribution < -0.4 is 5.73 Å². The molecule has 6 nitrogen and oxygen atoms in total. The van der Waals surface area contributed by atoms with Crippen LogP contribution in [0.25, 0.3) is 11.2 Å². The highest BCUT2D eigenvalue weighted by Gasteiger charge is 2.08. The molecule has 0 amide bonds. The molecule has 3 aromatic heterocycles. The first kappa shape index (κ1) is 10.6. The lowest BCUT2D eigenvalue weighted by Crippen LogP contribution is -1.99. The molecule has 0 saturated heterocycles. The Balaban J connectivity index is 1.82. The Labute approximate surface area is 103 Å². The first-order chi connectivity index (χ1) is 8.83. The van der Waals surface area contributed by atoms with Crippen LogP contribution in [0.1, 0.15) is 11.4 Å². The van der Waals surface area contributed by atoms with E-state index in [1.807, 2.05) is 18.2 Å². The smallest absolute Gasteiger partial charge is 0.226 e. The SMILES string of the molecule is Nc1cc(CCc2ccccn2)nc2nonc12. The summed E-state index contributed by atoms with van der Waals surface area (Å²) in [6.07, 6.45) is 3.34. The van der Waals surface area contributed by atoms with Gasteiger partial charge in [0.15, 0.2) is 5.52 Å². The molecule has 0 aromatic carbocycles. The molecule has 0 unspecified atom stereocenters. The van der Waals surface area contributed by atoms with Crippen molar-refractivity contribution in [3.63, 3.8) is 0 Å². The van der Waals surface area contributed by atoms with Crippen LogP contribution in [0.15, 0.2) is 35.1 Å². The zero-order valence-corrected chi connectivity index (χ0v) is 9.58. The van der Waals surface area contributed by atoms with Gasteiger partial charge in [0.05, 0.1) is 5.69 Å². The molecule has 0 aliphatic carbocycles. The number of hydrogen-bond acceptors (Lipinski definition) is 6. The number of hydrogen-bond donors (Lipinski definition) is 1. The van der Waals surface area contributed by atoms with Gasteiger partial charge in [-0.3, -0.25) is 4.98 Å². The zero-order valence-electron chi connectivity index (χ0n) is 9.58. The Morgan fingerprint density at radius 2 is 2.00 bits per heavy atom. The average Bonchev–Trinajstić information content (AvgIpc) is 2.86. The van der Waals surface area contributed by atoms with Crippen molar-refractivity contribution in [1.29, 1.82) is 0 Å². The maximum absolute atomic E-state index is 5.85. The van der Waals surface area contributed by atoms with Crippen LogP contribution in [0.5, 0.6) is 0 Å². The van der Waals surface area contributed by atoms with Gasteiger partial charge >= 0.3 is 0 Å². The third-order valence-electron chi connectivity index (χ3n) is 2.68. The van der Waals surface area contributed by atoms with E-state index in [2.05, 4.69) is 24.9 Å². The number of pyridine rings is 2. The number of nitrogen functional groups attached to an aromatic ring is 1. The largest absolute Gasteiger partial charge is 0.397 e. The van der Waals surface area contributed by atoms with Gasteiger partial charge in [0.25, 0.3) is 0 Å². The second kappa shape index (κ2) is 4.40. The third-order valence-corrected chi connectivity index (χ3v) is 2.68.